The number of hydrogen-bond donors (Lipinski definition) is 0. The van der Waals surface area contributed by atoms with E-state index in [1.807, 2.05) is 28.2 Å². The Balaban J connectivity index is 0. The molecule has 104 valence electrons. The van der Waals surface area contributed by atoms with Crippen LogP contribution in [0.4, 0.5) is 0 Å². The van der Waals surface area contributed by atoms with E-state index in [9.17, 15) is 0 Å². The summed E-state index contributed by atoms with van der Waals surface area (Å²) in [6.45, 7) is 7.75. The molecule has 17 heavy (non-hydrogen) atoms. The van der Waals surface area contributed by atoms with Crippen molar-refractivity contribution in [3.63, 3.8) is 0 Å². The summed E-state index contributed by atoms with van der Waals surface area (Å²) in [5.74, 6) is 1.06. The summed E-state index contributed by atoms with van der Waals surface area (Å²) in [6, 6.07) is 0. The monoisotopic (exact) mass is 355 g/mol. The van der Waals surface area contributed by atoms with Crippen molar-refractivity contribution in [3.8, 4) is 0 Å². The Morgan fingerprint density at radius 2 is 1.24 bits per heavy atom. The van der Waals surface area contributed by atoms with Gasteiger partial charge in [-0.2, -0.15) is 0 Å². The lowest BCUT2D eigenvalue weighted by molar-refractivity contribution is 0.260. The van der Waals surface area contributed by atoms with E-state index in [0.29, 0.717) is 5.41 Å². The Hall–Kier alpha value is 0. The van der Waals surface area contributed by atoms with Crippen LogP contribution in [0.5, 0.6) is 0 Å². The third-order valence-electron chi connectivity index (χ3n) is 3.61. The summed E-state index contributed by atoms with van der Waals surface area (Å²) in [4.78, 5) is 8.93. The van der Waals surface area contributed by atoms with Crippen molar-refractivity contribution in [3.05, 3.63) is 0 Å². The van der Waals surface area contributed by atoms with Crippen molar-refractivity contribution in [2.24, 2.45) is 10.4 Å². The number of guanidine groups is 1. The van der Waals surface area contributed by atoms with E-state index in [1.165, 1.54) is 19.3 Å². The molecule has 0 fully saturated rings. The largest absolute Gasteiger partial charge is 0.349 e. The van der Waals surface area contributed by atoms with Crippen LogP contribution in [0, 0.1) is 5.41 Å². The lowest BCUT2D eigenvalue weighted by Gasteiger charge is -2.30. The smallest absolute Gasteiger partial charge is 0.195 e. The molecule has 0 aromatic rings. The first-order valence-electron chi connectivity index (χ1n) is 6.31. The molecule has 0 aliphatic heterocycles. The zero-order chi connectivity index (χ0) is 12.8. The highest BCUT2D eigenvalue weighted by Crippen LogP contribution is 2.30. The molecule has 0 aromatic heterocycles. The average Bonchev–Trinajstić information content (AvgIpc) is 2.24. The molecule has 0 saturated carbocycles. The molecule has 0 unspecified atom stereocenters. The summed E-state index contributed by atoms with van der Waals surface area (Å²) in [5.41, 5.74) is 0.386. The Kier molecular flexibility index (Phi) is 10.2. The molecule has 3 nitrogen and oxygen atoms in total. The van der Waals surface area contributed by atoms with Crippen LogP contribution in [0.15, 0.2) is 4.99 Å². The maximum absolute atomic E-state index is 4.78. The molecule has 0 heterocycles. The quantitative estimate of drug-likeness (QED) is 0.428. The third-order valence-corrected chi connectivity index (χ3v) is 3.61. The fourth-order valence-electron chi connectivity index (χ4n) is 2.01. The van der Waals surface area contributed by atoms with Gasteiger partial charge in [-0.1, -0.05) is 20.8 Å². The van der Waals surface area contributed by atoms with Gasteiger partial charge in [-0.25, -0.2) is 0 Å². The highest BCUT2D eigenvalue weighted by molar-refractivity contribution is 14.0. The molecule has 0 radical (unpaired) electrons. The van der Waals surface area contributed by atoms with E-state index < -0.39 is 0 Å². The van der Waals surface area contributed by atoms with Crippen molar-refractivity contribution < 1.29 is 0 Å². The summed E-state index contributed by atoms with van der Waals surface area (Å²) in [6.07, 6.45) is 3.62. The Labute approximate surface area is 125 Å². The van der Waals surface area contributed by atoms with Crippen LogP contribution in [-0.4, -0.2) is 50.5 Å². The van der Waals surface area contributed by atoms with E-state index in [-0.39, 0.29) is 24.0 Å². The fraction of sp³-hybridized carbons (Fsp3) is 0.923. The van der Waals surface area contributed by atoms with Crippen LogP contribution in [-0.2, 0) is 0 Å². The maximum Gasteiger partial charge on any atom is 0.195 e. The van der Waals surface area contributed by atoms with Crippen LogP contribution in [0.2, 0.25) is 0 Å². The molecule has 0 spiro atoms. The molecule has 4 heteroatoms. The van der Waals surface area contributed by atoms with Gasteiger partial charge in [0.15, 0.2) is 5.96 Å². The molecule has 0 aliphatic carbocycles. The van der Waals surface area contributed by atoms with Crippen molar-refractivity contribution in [1.82, 2.24) is 9.80 Å². The van der Waals surface area contributed by atoms with Crippen LogP contribution in [0.25, 0.3) is 0 Å². The number of halogens is 1. The molecule has 0 bridgehead atoms. The lowest BCUT2D eigenvalue weighted by atomic mass is 9.80. The van der Waals surface area contributed by atoms with Crippen LogP contribution < -0.4 is 0 Å². The highest BCUT2D eigenvalue weighted by atomic mass is 127. The number of rotatable bonds is 5. The molecule has 0 aliphatic rings. The summed E-state index contributed by atoms with van der Waals surface area (Å²) >= 11 is 0. The normalized spacial score (nSPS) is 10.5. The van der Waals surface area contributed by atoms with Crippen molar-refractivity contribution in [1.29, 1.82) is 0 Å². The van der Waals surface area contributed by atoms with Gasteiger partial charge in [0.1, 0.15) is 0 Å². The summed E-state index contributed by atoms with van der Waals surface area (Å²) in [5, 5.41) is 0. The van der Waals surface area contributed by atoms with E-state index in [1.54, 1.807) is 0 Å². The molecule has 0 rings (SSSR count). The highest BCUT2D eigenvalue weighted by Gasteiger charge is 2.23. The molecule has 0 saturated heterocycles. The minimum Gasteiger partial charge on any atom is -0.349 e. The topological polar surface area (TPSA) is 18.8 Å². The summed E-state index contributed by atoms with van der Waals surface area (Å²) < 4.78 is 0. The average molecular weight is 355 g/mol. The van der Waals surface area contributed by atoms with E-state index in [2.05, 4.69) is 30.6 Å². The first-order chi connectivity index (χ1) is 7.42. The third kappa shape index (κ3) is 5.93. The molecule has 0 N–H and O–H groups in total. The maximum atomic E-state index is 4.78. The van der Waals surface area contributed by atoms with E-state index in [4.69, 9.17) is 4.99 Å². The van der Waals surface area contributed by atoms with Gasteiger partial charge in [-0.05, 0) is 24.7 Å². The van der Waals surface area contributed by atoms with Gasteiger partial charge >= 0.3 is 0 Å². The van der Waals surface area contributed by atoms with Gasteiger partial charge in [-0.3, -0.25) is 4.99 Å². The zero-order valence-electron chi connectivity index (χ0n) is 12.6. The van der Waals surface area contributed by atoms with Crippen molar-refractivity contribution >= 4 is 29.9 Å². The Morgan fingerprint density at radius 3 is 1.47 bits per heavy atom. The molecular weight excluding hydrogens is 325 g/mol. The molecule has 0 amide bonds. The zero-order valence-corrected chi connectivity index (χ0v) is 14.9. The Morgan fingerprint density at radius 1 is 0.882 bits per heavy atom. The summed E-state index contributed by atoms with van der Waals surface area (Å²) in [7, 11) is 8.18. The number of aliphatic imine (C=N–C) groups is 1. The first-order valence-corrected chi connectivity index (χ1v) is 6.31. The number of nitrogens with zero attached hydrogens (tertiary/aromatic N) is 3. The van der Waals surface area contributed by atoms with Crippen molar-refractivity contribution in [2.75, 3.05) is 34.7 Å². The minimum atomic E-state index is 0. The second-order valence-corrected chi connectivity index (χ2v) is 4.97. The van der Waals surface area contributed by atoms with Crippen LogP contribution in [0.1, 0.15) is 40.0 Å². The SMILES string of the molecule is CCC(CC)(CC)CN=C(N(C)C)N(C)C.I. The van der Waals surface area contributed by atoms with Gasteiger partial charge in [0, 0.05) is 34.7 Å². The van der Waals surface area contributed by atoms with Crippen LogP contribution >= 0.6 is 24.0 Å². The van der Waals surface area contributed by atoms with Gasteiger partial charge in [0.05, 0.1) is 0 Å². The molecule has 0 aromatic carbocycles. The van der Waals surface area contributed by atoms with Gasteiger partial charge in [0.25, 0.3) is 0 Å². The second kappa shape index (κ2) is 9.00. The number of hydrogen-bond acceptors (Lipinski definition) is 1. The molecular formula is C13H30IN3. The second-order valence-electron chi connectivity index (χ2n) is 4.97. The van der Waals surface area contributed by atoms with E-state index in [0.717, 1.165) is 12.5 Å². The Bertz CT molecular complexity index is 202. The molecule has 0 atom stereocenters. The predicted octanol–water partition coefficient (Wildman–Crippen LogP) is 3.30. The van der Waals surface area contributed by atoms with Crippen molar-refractivity contribution in [2.45, 2.75) is 40.0 Å². The first kappa shape index (κ1) is 19.3. The predicted molar refractivity (Wildman–Crippen MR) is 88.4 cm³/mol. The fourth-order valence-corrected chi connectivity index (χ4v) is 2.01. The standard InChI is InChI=1S/C13H29N3.HI/c1-8-13(9-2,10-3)11-14-12(15(4)5)16(6)7;/h8-11H2,1-7H3;1H. The van der Waals surface area contributed by atoms with Gasteiger partial charge in [-0.15, -0.1) is 24.0 Å². The minimum absolute atomic E-state index is 0. The lowest BCUT2D eigenvalue weighted by Crippen LogP contribution is -2.36. The van der Waals surface area contributed by atoms with Crippen LogP contribution in [0.3, 0.4) is 0 Å². The van der Waals surface area contributed by atoms with Gasteiger partial charge in [0.2, 0.25) is 0 Å². The van der Waals surface area contributed by atoms with Gasteiger partial charge < -0.3 is 9.80 Å². The van der Waals surface area contributed by atoms with E-state index >= 15 is 0 Å².